The largest absolute Gasteiger partial charge is 0.379 e. The van der Waals surface area contributed by atoms with Gasteiger partial charge in [-0.1, -0.05) is 17.4 Å². The van der Waals surface area contributed by atoms with Gasteiger partial charge in [0.15, 0.2) is 15.0 Å². The lowest BCUT2D eigenvalue weighted by atomic mass is 10.2. The first-order chi connectivity index (χ1) is 16.8. The molecule has 1 aliphatic heterocycles. The number of morpholine rings is 1. The summed E-state index contributed by atoms with van der Waals surface area (Å²) in [5, 5.41) is 0.401. The molecular formula is C24H28ClF2N3O4S2. The minimum absolute atomic E-state index is 0. The van der Waals surface area contributed by atoms with Crippen LogP contribution in [0.25, 0.3) is 10.2 Å². The predicted molar refractivity (Wildman–Crippen MR) is 139 cm³/mol. The van der Waals surface area contributed by atoms with E-state index in [0.717, 1.165) is 31.8 Å². The van der Waals surface area contributed by atoms with Crippen LogP contribution in [0.2, 0.25) is 0 Å². The van der Waals surface area contributed by atoms with Gasteiger partial charge in [-0.3, -0.25) is 14.6 Å². The minimum atomic E-state index is -3.64. The normalized spacial score (nSPS) is 14.5. The third kappa shape index (κ3) is 7.19. The summed E-state index contributed by atoms with van der Waals surface area (Å²) in [5.74, 6) is -1.46. The van der Waals surface area contributed by atoms with Crippen LogP contribution >= 0.6 is 23.7 Å². The van der Waals surface area contributed by atoms with Crippen molar-refractivity contribution in [1.29, 1.82) is 0 Å². The molecule has 0 radical (unpaired) electrons. The van der Waals surface area contributed by atoms with Crippen molar-refractivity contribution >= 4 is 54.8 Å². The first kappa shape index (κ1) is 28.4. The van der Waals surface area contributed by atoms with Crippen LogP contribution in [0.1, 0.15) is 19.3 Å². The van der Waals surface area contributed by atoms with Gasteiger partial charge in [0.05, 0.1) is 28.6 Å². The summed E-state index contributed by atoms with van der Waals surface area (Å²) in [6.07, 6.45) is 0.798. The molecule has 2 aromatic carbocycles. The average molecular weight is 560 g/mol. The van der Waals surface area contributed by atoms with E-state index < -0.39 is 21.5 Å². The molecule has 36 heavy (non-hydrogen) atoms. The molecule has 1 amide bonds. The smallest absolute Gasteiger partial charge is 0.228 e. The van der Waals surface area contributed by atoms with E-state index in [1.807, 2.05) is 0 Å². The number of rotatable bonds is 10. The van der Waals surface area contributed by atoms with Gasteiger partial charge in [0, 0.05) is 32.6 Å². The lowest BCUT2D eigenvalue weighted by Gasteiger charge is -2.27. The molecule has 196 valence electrons. The Morgan fingerprint density at radius 1 is 1.08 bits per heavy atom. The van der Waals surface area contributed by atoms with Crippen molar-refractivity contribution in [1.82, 2.24) is 9.88 Å². The van der Waals surface area contributed by atoms with Crippen molar-refractivity contribution in [3.8, 4) is 0 Å². The molecule has 0 bridgehead atoms. The molecule has 7 nitrogen and oxygen atoms in total. The zero-order chi connectivity index (χ0) is 24.8. The predicted octanol–water partition coefficient (Wildman–Crippen LogP) is 4.31. The molecule has 0 N–H and O–H groups in total. The zero-order valence-electron chi connectivity index (χ0n) is 19.6. The van der Waals surface area contributed by atoms with Crippen LogP contribution in [-0.2, 0) is 19.4 Å². The van der Waals surface area contributed by atoms with E-state index in [1.54, 1.807) is 12.1 Å². The standard InChI is InChI=1S/C24H27F2N3O4S2.ClH/c25-18-7-9-19(10-8-18)35(31,32)17-2-6-22(30)29(12-3-11-28-13-15-33-16-14-28)24-27-23-20(26)4-1-5-21(23)34-24;/h1,4-5,7-10H,2-3,6,11-17H2;1H. The summed E-state index contributed by atoms with van der Waals surface area (Å²) in [4.78, 5) is 21.4. The molecule has 0 unspecified atom stereocenters. The van der Waals surface area contributed by atoms with Crippen molar-refractivity contribution < 1.29 is 26.7 Å². The summed E-state index contributed by atoms with van der Waals surface area (Å²) in [6, 6.07) is 9.33. The second kappa shape index (κ2) is 12.9. The number of benzene rings is 2. The number of sulfone groups is 1. The summed E-state index contributed by atoms with van der Waals surface area (Å²) >= 11 is 1.24. The van der Waals surface area contributed by atoms with Crippen molar-refractivity contribution in [3.05, 3.63) is 54.1 Å². The second-order valence-corrected chi connectivity index (χ2v) is 11.4. The van der Waals surface area contributed by atoms with Crippen LogP contribution in [0.15, 0.2) is 47.4 Å². The molecule has 1 aromatic heterocycles. The SMILES string of the molecule is Cl.O=C(CCCS(=O)(=O)c1ccc(F)cc1)N(CCCN1CCOCC1)c1nc2c(F)cccc2s1. The third-order valence-corrected chi connectivity index (χ3v) is 8.69. The van der Waals surface area contributed by atoms with Gasteiger partial charge in [-0.15, -0.1) is 12.4 Å². The Morgan fingerprint density at radius 2 is 1.81 bits per heavy atom. The Balaban J connectivity index is 0.00000361. The number of halogens is 3. The minimum Gasteiger partial charge on any atom is -0.379 e. The van der Waals surface area contributed by atoms with E-state index in [4.69, 9.17) is 4.74 Å². The van der Waals surface area contributed by atoms with Crippen LogP contribution in [0.5, 0.6) is 0 Å². The van der Waals surface area contributed by atoms with Crippen LogP contribution < -0.4 is 4.90 Å². The van der Waals surface area contributed by atoms with Crippen LogP contribution in [0.3, 0.4) is 0 Å². The number of carbonyl (C=O) groups excluding carboxylic acids is 1. The zero-order valence-corrected chi connectivity index (χ0v) is 22.0. The quantitative estimate of drug-likeness (QED) is 0.345. The number of fused-ring (bicyclic) bond motifs is 1. The van der Waals surface area contributed by atoms with Gasteiger partial charge < -0.3 is 4.74 Å². The number of hydrogen-bond donors (Lipinski definition) is 0. The summed E-state index contributed by atoms with van der Waals surface area (Å²) < 4.78 is 58.5. The van der Waals surface area contributed by atoms with Gasteiger partial charge in [0.1, 0.15) is 17.2 Å². The molecule has 1 aliphatic rings. The highest BCUT2D eigenvalue weighted by molar-refractivity contribution is 7.91. The Bertz CT molecular complexity index is 1270. The van der Waals surface area contributed by atoms with Crippen LogP contribution in [0, 0.1) is 11.6 Å². The first-order valence-corrected chi connectivity index (χ1v) is 13.9. The second-order valence-electron chi connectivity index (χ2n) is 8.31. The van der Waals surface area contributed by atoms with Crippen molar-refractivity contribution in [2.45, 2.75) is 24.2 Å². The molecule has 0 spiro atoms. The summed E-state index contributed by atoms with van der Waals surface area (Å²) in [5.41, 5.74) is 0.220. The van der Waals surface area contributed by atoms with E-state index in [9.17, 15) is 22.0 Å². The number of anilines is 1. The monoisotopic (exact) mass is 559 g/mol. The molecular weight excluding hydrogens is 532 g/mol. The highest BCUT2D eigenvalue weighted by Gasteiger charge is 2.22. The maximum Gasteiger partial charge on any atom is 0.228 e. The maximum absolute atomic E-state index is 14.2. The first-order valence-electron chi connectivity index (χ1n) is 11.5. The van der Waals surface area contributed by atoms with E-state index in [-0.39, 0.29) is 47.3 Å². The van der Waals surface area contributed by atoms with Crippen LogP contribution in [-0.4, -0.2) is 69.4 Å². The highest BCUT2D eigenvalue weighted by Crippen LogP contribution is 2.31. The lowest BCUT2D eigenvalue weighted by Crippen LogP contribution is -2.39. The number of para-hydroxylation sites is 1. The molecule has 0 saturated carbocycles. The molecule has 2 heterocycles. The van der Waals surface area contributed by atoms with Gasteiger partial charge in [-0.05, 0) is 49.2 Å². The number of amides is 1. The van der Waals surface area contributed by atoms with Crippen molar-refractivity contribution in [3.63, 3.8) is 0 Å². The lowest BCUT2D eigenvalue weighted by molar-refractivity contribution is -0.118. The number of ether oxygens (including phenoxy) is 1. The number of nitrogens with zero attached hydrogens (tertiary/aromatic N) is 3. The van der Waals surface area contributed by atoms with Gasteiger partial charge in [0.2, 0.25) is 5.91 Å². The number of aromatic nitrogens is 1. The molecule has 4 rings (SSSR count). The maximum atomic E-state index is 14.2. The van der Waals surface area contributed by atoms with E-state index in [2.05, 4.69) is 9.88 Å². The Labute approximate surface area is 219 Å². The Morgan fingerprint density at radius 3 is 2.50 bits per heavy atom. The molecule has 0 atom stereocenters. The molecule has 12 heteroatoms. The summed E-state index contributed by atoms with van der Waals surface area (Å²) in [7, 11) is -3.64. The molecule has 0 aliphatic carbocycles. The van der Waals surface area contributed by atoms with Crippen molar-refractivity contribution in [2.75, 3.05) is 50.0 Å². The van der Waals surface area contributed by atoms with E-state index in [0.29, 0.717) is 36.0 Å². The number of carbonyl (C=O) groups is 1. The van der Waals surface area contributed by atoms with Gasteiger partial charge in [-0.25, -0.2) is 22.2 Å². The average Bonchev–Trinajstić information content (AvgIpc) is 3.28. The molecule has 3 aromatic rings. The van der Waals surface area contributed by atoms with Gasteiger partial charge in [0.25, 0.3) is 0 Å². The molecule has 1 saturated heterocycles. The van der Waals surface area contributed by atoms with Crippen LogP contribution in [0.4, 0.5) is 13.9 Å². The number of hydrogen-bond acceptors (Lipinski definition) is 7. The van der Waals surface area contributed by atoms with Crippen molar-refractivity contribution in [2.24, 2.45) is 0 Å². The highest BCUT2D eigenvalue weighted by atomic mass is 35.5. The van der Waals surface area contributed by atoms with E-state index >= 15 is 0 Å². The topological polar surface area (TPSA) is 79.8 Å². The van der Waals surface area contributed by atoms with Gasteiger partial charge in [-0.2, -0.15) is 0 Å². The Hall–Kier alpha value is -2.18. The Kier molecular flexibility index (Phi) is 10.1. The van der Waals surface area contributed by atoms with E-state index in [1.165, 1.54) is 34.4 Å². The fraction of sp³-hybridized carbons (Fsp3) is 0.417. The molecule has 1 fully saturated rings. The number of thiazole rings is 1. The van der Waals surface area contributed by atoms with Gasteiger partial charge >= 0.3 is 0 Å². The fourth-order valence-corrected chi connectivity index (χ4v) is 6.27. The fourth-order valence-electron chi connectivity index (χ4n) is 3.93. The summed E-state index contributed by atoms with van der Waals surface area (Å²) in [6.45, 7) is 4.21. The third-order valence-electron chi connectivity index (χ3n) is 5.83.